The first-order valence-electron chi connectivity index (χ1n) is 11.2. The summed E-state index contributed by atoms with van der Waals surface area (Å²) < 4.78 is 16.8. The second kappa shape index (κ2) is 10.5. The molecule has 2 aromatic carbocycles. The van der Waals surface area contributed by atoms with Crippen molar-refractivity contribution in [3.63, 3.8) is 0 Å². The lowest BCUT2D eigenvalue weighted by atomic mass is 10.2. The van der Waals surface area contributed by atoms with Gasteiger partial charge in [0.1, 0.15) is 18.1 Å². The summed E-state index contributed by atoms with van der Waals surface area (Å²) in [5, 5.41) is 3.98. The SMILES string of the molecule is COc1cccc(CN2C[C@@H](OCc3c(C)noc3C)CN(C(=O)c3ccccc3)CC2=O)c1. The smallest absolute Gasteiger partial charge is 0.254 e. The molecule has 34 heavy (non-hydrogen) atoms. The van der Waals surface area contributed by atoms with Gasteiger partial charge in [-0.3, -0.25) is 9.59 Å². The van der Waals surface area contributed by atoms with E-state index in [1.165, 1.54) is 0 Å². The zero-order valence-corrected chi connectivity index (χ0v) is 19.7. The number of methoxy groups -OCH3 is 1. The molecule has 0 N–H and O–H groups in total. The van der Waals surface area contributed by atoms with Crippen LogP contribution in [0.2, 0.25) is 0 Å². The van der Waals surface area contributed by atoms with Gasteiger partial charge in [-0.15, -0.1) is 0 Å². The lowest BCUT2D eigenvalue weighted by molar-refractivity contribution is -0.132. The first kappa shape index (κ1) is 23.5. The summed E-state index contributed by atoms with van der Waals surface area (Å²) >= 11 is 0. The molecule has 0 bridgehead atoms. The van der Waals surface area contributed by atoms with Crippen molar-refractivity contribution in [1.29, 1.82) is 0 Å². The number of carbonyl (C=O) groups excluding carboxylic acids is 2. The van der Waals surface area contributed by atoms with Gasteiger partial charge in [0.2, 0.25) is 5.91 Å². The van der Waals surface area contributed by atoms with Crippen LogP contribution in [0.1, 0.15) is 32.9 Å². The molecule has 3 aromatic rings. The predicted molar refractivity (Wildman–Crippen MR) is 125 cm³/mol. The summed E-state index contributed by atoms with van der Waals surface area (Å²) in [5.74, 6) is 1.11. The molecule has 1 saturated heterocycles. The second-order valence-corrected chi connectivity index (χ2v) is 8.41. The maximum Gasteiger partial charge on any atom is 0.254 e. The van der Waals surface area contributed by atoms with Crippen molar-refractivity contribution in [2.75, 3.05) is 26.7 Å². The van der Waals surface area contributed by atoms with Crippen molar-refractivity contribution in [1.82, 2.24) is 15.0 Å². The normalized spacial score (nSPS) is 16.4. The molecule has 8 heteroatoms. The topological polar surface area (TPSA) is 85.1 Å². The molecule has 1 aliphatic heterocycles. The highest BCUT2D eigenvalue weighted by atomic mass is 16.5. The number of ether oxygens (including phenoxy) is 2. The monoisotopic (exact) mass is 463 g/mol. The summed E-state index contributed by atoms with van der Waals surface area (Å²) in [5.41, 5.74) is 3.14. The summed E-state index contributed by atoms with van der Waals surface area (Å²) in [4.78, 5) is 29.7. The van der Waals surface area contributed by atoms with Gasteiger partial charge in [0.25, 0.3) is 5.91 Å². The third-order valence-corrected chi connectivity index (χ3v) is 5.99. The van der Waals surface area contributed by atoms with Crippen LogP contribution in [0, 0.1) is 13.8 Å². The molecule has 1 aromatic heterocycles. The highest BCUT2D eigenvalue weighted by Gasteiger charge is 2.31. The van der Waals surface area contributed by atoms with E-state index in [-0.39, 0.29) is 24.5 Å². The van der Waals surface area contributed by atoms with Gasteiger partial charge in [0.05, 0.1) is 25.5 Å². The van der Waals surface area contributed by atoms with Crippen LogP contribution in [-0.2, 0) is 22.7 Å². The Kier molecular flexibility index (Phi) is 7.27. The minimum absolute atomic E-state index is 0.0110. The molecule has 4 rings (SSSR count). The lowest BCUT2D eigenvalue weighted by Gasteiger charge is -2.25. The van der Waals surface area contributed by atoms with E-state index in [0.717, 1.165) is 22.6 Å². The Morgan fingerprint density at radius 1 is 1.12 bits per heavy atom. The van der Waals surface area contributed by atoms with E-state index < -0.39 is 0 Å². The van der Waals surface area contributed by atoms with E-state index in [9.17, 15) is 9.59 Å². The number of amides is 2. The fraction of sp³-hybridized carbons (Fsp3) is 0.346. The average molecular weight is 464 g/mol. The van der Waals surface area contributed by atoms with E-state index in [2.05, 4.69) is 5.16 Å². The third kappa shape index (κ3) is 5.46. The Balaban J connectivity index is 1.56. The van der Waals surface area contributed by atoms with Crippen molar-refractivity contribution < 1.29 is 23.6 Å². The van der Waals surface area contributed by atoms with Gasteiger partial charge < -0.3 is 23.8 Å². The van der Waals surface area contributed by atoms with Gasteiger partial charge in [-0.25, -0.2) is 0 Å². The van der Waals surface area contributed by atoms with Crippen LogP contribution in [0.3, 0.4) is 0 Å². The van der Waals surface area contributed by atoms with Gasteiger partial charge in [-0.05, 0) is 43.7 Å². The zero-order valence-electron chi connectivity index (χ0n) is 19.7. The molecule has 2 amide bonds. The van der Waals surface area contributed by atoms with E-state index >= 15 is 0 Å². The van der Waals surface area contributed by atoms with E-state index in [1.807, 2.05) is 56.3 Å². The molecule has 1 atom stereocenters. The number of aryl methyl sites for hydroxylation is 2. The van der Waals surface area contributed by atoms with Gasteiger partial charge in [0, 0.05) is 30.8 Å². The summed E-state index contributed by atoms with van der Waals surface area (Å²) in [6, 6.07) is 16.6. The van der Waals surface area contributed by atoms with E-state index in [4.69, 9.17) is 14.0 Å². The van der Waals surface area contributed by atoms with Gasteiger partial charge in [0.15, 0.2) is 0 Å². The van der Waals surface area contributed by atoms with Crippen molar-refractivity contribution in [2.24, 2.45) is 0 Å². The Morgan fingerprint density at radius 2 is 1.91 bits per heavy atom. The molecule has 0 saturated carbocycles. The lowest BCUT2D eigenvalue weighted by Crippen LogP contribution is -2.39. The molecule has 0 aliphatic carbocycles. The minimum Gasteiger partial charge on any atom is -0.497 e. The van der Waals surface area contributed by atoms with Gasteiger partial charge in [-0.2, -0.15) is 0 Å². The first-order chi connectivity index (χ1) is 16.4. The van der Waals surface area contributed by atoms with Crippen LogP contribution in [0.15, 0.2) is 59.1 Å². The van der Waals surface area contributed by atoms with Crippen molar-refractivity contribution >= 4 is 11.8 Å². The third-order valence-electron chi connectivity index (χ3n) is 5.99. The standard InChI is InChI=1S/C26H29N3O5/c1-18-24(19(2)34-27-18)17-33-23-14-28(13-20-8-7-11-22(12-20)32-3)25(30)16-29(15-23)26(31)21-9-5-4-6-10-21/h4-12,23H,13-17H2,1-3H3/t23-/m1/s1. The van der Waals surface area contributed by atoms with E-state index in [1.54, 1.807) is 29.0 Å². The number of aromatic nitrogens is 1. The Labute approximate surface area is 199 Å². The largest absolute Gasteiger partial charge is 0.497 e. The summed E-state index contributed by atoms with van der Waals surface area (Å²) in [6.07, 6.45) is -0.376. The Bertz CT molecular complexity index is 1120. The minimum atomic E-state index is -0.376. The number of hydrogen-bond acceptors (Lipinski definition) is 6. The maximum atomic E-state index is 13.2. The fourth-order valence-corrected chi connectivity index (χ4v) is 4.06. The van der Waals surface area contributed by atoms with Crippen LogP contribution in [0.25, 0.3) is 0 Å². The highest BCUT2D eigenvalue weighted by molar-refractivity contribution is 5.96. The number of hydrogen-bond donors (Lipinski definition) is 0. The van der Waals surface area contributed by atoms with Crippen LogP contribution >= 0.6 is 0 Å². The molecule has 8 nitrogen and oxygen atoms in total. The highest BCUT2D eigenvalue weighted by Crippen LogP contribution is 2.20. The van der Waals surface area contributed by atoms with Crippen LogP contribution in [-0.4, -0.2) is 59.6 Å². The molecule has 0 unspecified atom stereocenters. The zero-order chi connectivity index (χ0) is 24.1. The first-order valence-corrected chi connectivity index (χ1v) is 11.2. The average Bonchev–Trinajstić information content (AvgIpc) is 3.09. The van der Waals surface area contributed by atoms with Crippen LogP contribution in [0.4, 0.5) is 0 Å². The van der Waals surface area contributed by atoms with E-state index in [0.29, 0.717) is 37.6 Å². The van der Waals surface area contributed by atoms with Crippen LogP contribution in [0.5, 0.6) is 5.75 Å². The molecule has 1 aliphatic rings. The van der Waals surface area contributed by atoms with Gasteiger partial charge >= 0.3 is 0 Å². The van der Waals surface area contributed by atoms with Crippen molar-refractivity contribution in [3.8, 4) is 5.75 Å². The molecule has 178 valence electrons. The fourth-order valence-electron chi connectivity index (χ4n) is 4.06. The molecule has 0 radical (unpaired) electrons. The molecular weight excluding hydrogens is 434 g/mol. The summed E-state index contributed by atoms with van der Waals surface area (Å²) in [7, 11) is 1.61. The molecule has 0 spiro atoms. The number of benzene rings is 2. The van der Waals surface area contributed by atoms with Gasteiger partial charge in [-0.1, -0.05) is 35.5 Å². The van der Waals surface area contributed by atoms with Crippen LogP contribution < -0.4 is 4.74 Å². The van der Waals surface area contributed by atoms with Crippen molar-refractivity contribution in [2.45, 2.75) is 33.1 Å². The second-order valence-electron chi connectivity index (χ2n) is 8.41. The maximum absolute atomic E-state index is 13.2. The molecule has 2 heterocycles. The predicted octanol–water partition coefficient (Wildman–Crippen LogP) is 3.37. The number of rotatable bonds is 7. The number of carbonyl (C=O) groups is 2. The molecule has 1 fully saturated rings. The Morgan fingerprint density at radius 3 is 2.62 bits per heavy atom. The quantitative estimate of drug-likeness (QED) is 0.534. The number of nitrogens with zero attached hydrogens (tertiary/aromatic N) is 3. The molecular formula is C26H29N3O5. The summed E-state index contributed by atoms with van der Waals surface area (Å²) in [6.45, 7) is 5.05. The van der Waals surface area contributed by atoms with Crippen molar-refractivity contribution in [3.05, 3.63) is 82.7 Å². The Hall–Kier alpha value is -3.65.